The molecule has 1 heterocycles. The van der Waals surface area contributed by atoms with Crippen molar-refractivity contribution in [1.82, 2.24) is 14.1 Å². The van der Waals surface area contributed by atoms with E-state index < -0.39 is 21.7 Å². The van der Waals surface area contributed by atoms with Crippen molar-refractivity contribution < 1.29 is 21.6 Å². The van der Waals surface area contributed by atoms with Crippen LogP contribution in [0.1, 0.15) is 38.1 Å². The standard InChI is InChI=1S/C14H22F3N3O2S/c1-9(2)8-20-11(4)12(10(3)18-20)23(21,22)19(5)13(6-7-13)14(15,16)17/h9H,6-8H2,1-5H3. The summed E-state index contributed by atoms with van der Waals surface area (Å²) in [6, 6.07) is 0. The number of alkyl halides is 3. The highest BCUT2D eigenvalue weighted by molar-refractivity contribution is 7.89. The summed E-state index contributed by atoms with van der Waals surface area (Å²) in [5, 5.41) is 4.19. The number of nitrogens with zero attached hydrogens (tertiary/aromatic N) is 3. The fraction of sp³-hybridized carbons (Fsp3) is 0.786. The molecule has 5 nitrogen and oxygen atoms in total. The summed E-state index contributed by atoms with van der Waals surface area (Å²) < 4.78 is 67.3. The molecule has 0 amide bonds. The Balaban J connectivity index is 2.47. The molecule has 1 aliphatic rings. The van der Waals surface area contributed by atoms with Crippen molar-refractivity contribution >= 4 is 10.0 Å². The van der Waals surface area contributed by atoms with E-state index >= 15 is 0 Å². The largest absolute Gasteiger partial charge is 0.407 e. The molecule has 0 aromatic carbocycles. The molecule has 0 atom stereocenters. The van der Waals surface area contributed by atoms with E-state index in [1.165, 1.54) is 6.92 Å². The van der Waals surface area contributed by atoms with E-state index in [0.29, 0.717) is 16.5 Å². The van der Waals surface area contributed by atoms with E-state index in [1.54, 1.807) is 11.6 Å². The Bertz CT molecular complexity index is 704. The van der Waals surface area contributed by atoms with Crippen molar-refractivity contribution in [2.75, 3.05) is 7.05 Å². The van der Waals surface area contributed by atoms with Crippen molar-refractivity contribution in [2.24, 2.45) is 5.92 Å². The Morgan fingerprint density at radius 2 is 1.83 bits per heavy atom. The second kappa shape index (κ2) is 5.47. The molecular weight excluding hydrogens is 331 g/mol. The fourth-order valence-corrected chi connectivity index (χ4v) is 4.75. The molecule has 132 valence electrons. The van der Waals surface area contributed by atoms with Gasteiger partial charge in [-0.15, -0.1) is 0 Å². The van der Waals surface area contributed by atoms with Crippen LogP contribution in [0.3, 0.4) is 0 Å². The number of hydrogen-bond acceptors (Lipinski definition) is 3. The summed E-state index contributed by atoms with van der Waals surface area (Å²) in [7, 11) is -3.26. The van der Waals surface area contributed by atoms with Crippen LogP contribution in [0.4, 0.5) is 13.2 Å². The molecule has 0 radical (unpaired) electrons. The quantitative estimate of drug-likeness (QED) is 0.818. The van der Waals surface area contributed by atoms with Crippen molar-refractivity contribution in [3.8, 4) is 0 Å². The first kappa shape index (κ1) is 18.3. The third-order valence-electron chi connectivity index (χ3n) is 4.33. The van der Waals surface area contributed by atoms with Crippen molar-refractivity contribution in [3.63, 3.8) is 0 Å². The highest BCUT2D eigenvalue weighted by Gasteiger charge is 2.68. The molecule has 23 heavy (non-hydrogen) atoms. The fourth-order valence-electron chi connectivity index (χ4n) is 2.84. The van der Waals surface area contributed by atoms with Gasteiger partial charge in [-0.1, -0.05) is 13.8 Å². The predicted molar refractivity (Wildman–Crippen MR) is 79.5 cm³/mol. The van der Waals surface area contributed by atoms with Crippen molar-refractivity contribution in [3.05, 3.63) is 11.4 Å². The first-order valence-electron chi connectivity index (χ1n) is 7.44. The second-order valence-corrected chi connectivity index (χ2v) is 8.48. The summed E-state index contributed by atoms with van der Waals surface area (Å²) in [6.07, 6.45) is -4.99. The Morgan fingerprint density at radius 1 is 1.30 bits per heavy atom. The van der Waals surface area contributed by atoms with E-state index in [0.717, 1.165) is 7.05 Å². The molecule has 1 aromatic rings. The number of halogens is 3. The Hall–Kier alpha value is -1.09. The van der Waals surface area contributed by atoms with E-state index in [-0.39, 0.29) is 29.3 Å². The monoisotopic (exact) mass is 353 g/mol. The van der Waals surface area contributed by atoms with Crippen LogP contribution >= 0.6 is 0 Å². The van der Waals surface area contributed by atoms with Gasteiger partial charge in [0.05, 0.1) is 11.4 Å². The summed E-state index contributed by atoms with van der Waals surface area (Å²) in [5.74, 6) is 0.242. The summed E-state index contributed by atoms with van der Waals surface area (Å²) in [6.45, 7) is 7.52. The minimum Gasteiger partial charge on any atom is -0.268 e. The molecule has 0 spiro atoms. The Morgan fingerprint density at radius 3 is 2.22 bits per heavy atom. The first-order valence-corrected chi connectivity index (χ1v) is 8.88. The lowest BCUT2D eigenvalue weighted by atomic mass is 10.2. The summed E-state index contributed by atoms with van der Waals surface area (Å²) in [5.41, 5.74) is -1.67. The molecule has 0 saturated heterocycles. The van der Waals surface area contributed by atoms with E-state index in [9.17, 15) is 21.6 Å². The zero-order valence-electron chi connectivity index (χ0n) is 13.9. The number of aromatic nitrogens is 2. The minimum atomic E-state index is -4.58. The summed E-state index contributed by atoms with van der Waals surface area (Å²) in [4.78, 5) is -0.115. The van der Waals surface area contributed by atoms with Gasteiger partial charge >= 0.3 is 6.18 Å². The van der Waals surface area contributed by atoms with Crippen LogP contribution in [0.5, 0.6) is 0 Å². The molecule has 0 N–H and O–H groups in total. The van der Waals surface area contributed by atoms with Gasteiger partial charge in [-0.25, -0.2) is 8.42 Å². The maximum absolute atomic E-state index is 13.2. The van der Waals surface area contributed by atoms with Crippen LogP contribution in [0.2, 0.25) is 0 Å². The maximum Gasteiger partial charge on any atom is 0.407 e. The van der Waals surface area contributed by atoms with Crippen LogP contribution in [0, 0.1) is 19.8 Å². The molecule has 0 aliphatic heterocycles. The molecule has 1 aliphatic carbocycles. The van der Waals surface area contributed by atoms with Crippen molar-refractivity contribution in [1.29, 1.82) is 0 Å². The third kappa shape index (κ3) is 2.88. The van der Waals surface area contributed by atoms with Gasteiger partial charge in [0, 0.05) is 13.6 Å². The van der Waals surface area contributed by atoms with Gasteiger partial charge < -0.3 is 0 Å². The number of rotatable bonds is 5. The van der Waals surface area contributed by atoms with Gasteiger partial charge in [-0.2, -0.15) is 22.6 Å². The highest BCUT2D eigenvalue weighted by atomic mass is 32.2. The number of hydrogen-bond donors (Lipinski definition) is 0. The molecule has 2 rings (SSSR count). The predicted octanol–water partition coefficient (Wildman–Crippen LogP) is 2.87. The van der Waals surface area contributed by atoms with Gasteiger partial charge in [0.1, 0.15) is 10.4 Å². The zero-order chi connectivity index (χ0) is 17.8. The lowest BCUT2D eigenvalue weighted by molar-refractivity contribution is -0.180. The van der Waals surface area contributed by atoms with Crippen molar-refractivity contribution in [2.45, 2.75) is 63.7 Å². The lowest BCUT2D eigenvalue weighted by Crippen LogP contribution is -2.49. The molecule has 1 fully saturated rings. The van der Waals surface area contributed by atoms with Gasteiger partial charge in [0.25, 0.3) is 0 Å². The van der Waals surface area contributed by atoms with E-state index in [1.807, 2.05) is 13.8 Å². The molecule has 1 aromatic heterocycles. The molecule has 0 bridgehead atoms. The summed E-state index contributed by atoms with van der Waals surface area (Å²) >= 11 is 0. The van der Waals surface area contributed by atoms with Crippen LogP contribution in [-0.4, -0.2) is 41.3 Å². The van der Waals surface area contributed by atoms with Gasteiger partial charge in [-0.05, 0) is 32.6 Å². The Labute approximate surface area is 134 Å². The third-order valence-corrected chi connectivity index (χ3v) is 6.50. The molecular formula is C14H22F3N3O2S. The van der Waals surface area contributed by atoms with Crippen LogP contribution < -0.4 is 0 Å². The van der Waals surface area contributed by atoms with Crippen LogP contribution in [0.25, 0.3) is 0 Å². The average Bonchev–Trinajstić information content (AvgIpc) is 3.12. The topological polar surface area (TPSA) is 55.2 Å². The number of aryl methyl sites for hydroxylation is 1. The normalized spacial score (nSPS) is 18.0. The first-order chi connectivity index (χ1) is 10.3. The smallest absolute Gasteiger partial charge is 0.268 e. The van der Waals surface area contributed by atoms with Crippen LogP contribution in [-0.2, 0) is 16.6 Å². The number of sulfonamides is 1. The average molecular weight is 353 g/mol. The van der Waals surface area contributed by atoms with Gasteiger partial charge in [0.2, 0.25) is 10.0 Å². The van der Waals surface area contributed by atoms with E-state index in [4.69, 9.17) is 0 Å². The van der Waals surface area contributed by atoms with Gasteiger partial charge in [0.15, 0.2) is 0 Å². The molecule has 0 unspecified atom stereocenters. The highest BCUT2D eigenvalue weighted by Crippen LogP contribution is 2.54. The van der Waals surface area contributed by atoms with Crippen LogP contribution in [0.15, 0.2) is 4.90 Å². The second-order valence-electron chi connectivity index (χ2n) is 6.58. The molecule has 1 saturated carbocycles. The SMILES string of the molecule is Cc1nn(CC(C)C)c(C)c1S(=O)(=O)N(C)C1(C(F)(F)F)CC1. The van der Waals surface area contributed by atoms with Gasteiger partial charge in [-0.3, -0.25) is 4.68 Å². The lowest BCUT2D eigenvalue weighted by Gasteiger charge is -2.29. The Kier molecular flexibility index (Phi) is 4.34. The maximum atomic E-state index is 13.2. The molecule has 9 heteroatoms. The minimum absolute atomic E-state index is 0.115. The van der Waals surface area contributed by atoms with E-state index in [2.05, 4.69) is 5.10 Å². The zero-order valence-corrected chi connectivity index (χ0v) is 14.7.